The van der Waals surface area contributed by atoms with Crippen molar-refractivity contribution in [3.8, 4) is 0 Å². The maximum absolute atomic E-state index is 14.5. The standard InChI is InChI=1S/C32H42N2O6S/c1-5-24-34(40-29-19-13-12-18-28(29)35)41(37,38)30(21-20-25-14-8-6-9-15-25)27(26-16-10-7-11-17-26)22-23-33-31(36)39-32(2,3)4/h6-17,19,27,30H,5,18,20-24H2,1-4H3,(H,33,36)/t27?,30-/m0/s1. The van der Waals surface area contributed by atoms with Gasteiger partial charge in [0, 0.05) is 18.9 Å². The second-order valence-electron chi connectivity index (χ2n) is 11.0. The predicted octanol–water partition coefficient (Wildman–Crippen LogP) is 6.07. The number of sulfonamides is 1. The number of nitrogens with one attached hydrogen (secondary N) is 1. The highest BCUT2D eigenvalue weighted by atomic mass is 32.2. The number of alkyl carbamates (subject to hydrolysis) is 1. The summed E-state index contributed by atoms with van der Waals surface area (Å²) in [6.45, 7) is 7.54. The van der Waals surface area contributed by atoms with Crippen LogP contribution >= 0.6 is 0 Å². The molecule has 3 rings (SSSR count). The second kappa shape index (κ2) is 15.0. The van der Waals surface area contributed by atoms with Crippen LogP contribution in [0.4, 0.5) is 4.79 Å². The molecule has 9 heteroatoms. The molecule has 0 radical (unpaired) electrons. The van der Waals surface area contributed by atoms with Gasteiger partial charge in [-0.15, -0.1) is 0 Å². The third-order valence-corrected chi connectivity index (χ3v) is 8.75. The van der Waals surface area contributed by atoms with Crippen LogP contribution in [0.25, 0.3) is 0 Å². The molecule has 0 fully saturated rings. The Labute approximate surface area is 244 Å². The predicted molar refractivity (Wildman–Crippen MR) is 160 cm³/mol. The van der Waals surface area contributed by atoms with Crippen molar-refractivity contribution in [1.82, 2.24) is 9.79 Å². The van der Waals surface area contributed by atoms with Gasteiger partial charge in [0.2, 0.25) is 15.8 Å². The van der Waals surface area contributed by atoms with Crippen LogP contribution in [0, 0.1) is 0 Å². The fourth-order valence-electron chi connectivity index (χ4n) is 4.70. The second-order valence-corrected chi connectivity index (χ2v) is 13.1. The molecule has 1 amide bonds. The minimum atomic E-state index is -4.10. The first kappa shape index (κ1) is 32.1. The first-order valence-electron chi connectivity index (χ1n) is 14.2. The monoisotopic (exact) mass is 582 g/mol. The number of amides is 1. The SMILES string of the molecule is CCCN(OC1=CC=CCC1=O)S(=O)(=O)[C@@H](CCc1ccccc1)C(CCNC(=O)OC(C)(C)C)c1ccccc1. The number of carbonyl (C=O) groups is 2. The van der Waals surface area contributed by atoms with Crippen molar-refractivity contribution in [2.24, 2.45) is 0 Å². The summed E-state index contributed by atoms with van der Waals surface area (Å²) in [7, 11) is -4.10. The number of hydrogen-bond acceptors (Lipinski definition) is 6. The van der Waals surface area contributed by atoms with E-state index >= 15 is 0 Å². The molecule has 1 unspecified atom stereocenters. The van der Waals surface area contributed by atoms with Crippen LogP contribution in [0.15, 0.2) is 84.7 Å². The van der Waals surface area contributed by atoms with E-state index in [1.165, 1.54) is 6.08 Å². The van der Waals surface area contributed by atoms with Gasteiger partial charge in [-0.1, -0.05) is 79.7 Å². The lowest BCUT2D eigenvalue weighted by Gasteiger charge is -2.33. The third kappa shape index (κ3) is 9.86. The molecule has 1 N–H and O–H groups in total. The zero-order chi connectivity index (χ0) is 29.9. The summed E-state index contributed by atoms with van der Waals surface area (Å²) < 4.78 is 35.3. The van der Waals surface area contributed by atoms with Crippen molar-refractivity contribution in [2.45, 2.75) is 76.6 Å². The molecule has 0 aromatic heterocycles. The molecule has 1 aliphatic carbocycles. The van der Waals surface area contributed by atoms with E-state index in [1.54, 1.807) is 32.9 Å². The number of hydroxylamine groups is 1. The summed E-state index contributed by atoms with van der Waals surface area (Å²) in [5, 5.41) is 1.89. The van der Waals surface area contributed by atoms with Gasteiger partial charge in [-0.2, -0.15) is 0 Å². The van der Waals surface area contributed by atoms with Crippen LogP contribution in [0.5, 0.6) is 0 Å². The Morgan fingerprint density at radius 1 is 1.02 bits per heavy atom. The molecule has 0 saturated heterocycles. The molecule has 0 heterocycles. The number of nitrogens with zero attached hydrogens (tertiary/aromatic N) is 1. The third-order valence-electron chi connectivity index (χ3n) is 6.59. The lowest BCUT2D eigenvalue weighted by atomic mass is 9.89. The van der Waals surface area contributed by atoms with Crippen LogP contribution in [0.1, 0.15) is 70.4 Å². The van der Waals surface area contributed by atoms with Crippen molar-refractivity contribution in [2.75, 3.05) is 13.1 Å². The highest BCUT2D eigenvalue weighted by molar-refractivity contribution is 7.89. The Bertz CT molecular complexity index is 1300. The molecular formula is C32H42N2O6S. The molecule has 222 valence electrons. The quantitative estimate of drug-likeness (QED) is 0.271. The molecule has 41 heavy (non-hydrogen) atoms. The fraction of sp³-hybridized carbons (Fsp3) is 0.438. The van der Waals surface area contributed by atoms with Crippen molar-refractivity contribution in [1.29, 1.82) is 0 Å². The zero-order valence-corrected chi connectivity index (χ0v) is 25.2. The van der Waals surface area contributed by atoms with E-state index in [-0.39, 0.29) is 31.1 Å². The van der Waals surface area contributed by atoms with Gasteiger partial charge in [-0.05, 0) is 68.1 Å². The Balaban J connectivity index is 1.97. The van der Waals surface area contributed by atoms with E-state index in [0.717, 1.165) is 15.6 Å². The Kier molecular flexibility index (Phi) is 11.7. The zero-order valence-electron chi connectivity index (χ0n) is 24.4. The molecule has 0 spiro atoms. The Morgan fingerprint density at radius 3 is 2.29 bits per heavy atom. The van der Waals surface area contributed by atoms with Gasteiger partial charge in [-0.3, -0.25) is 4.79 Å². The fourth-order valence-corrected chi connectivity index (χ4v) is 6.74. The maximum atomic E-state index is 14.5. The number of ketones is 1. The highest BCUT2D eigenvalue weighted by Gasteiger charge is 2.40. The molecule has 1 aliphatic rings. The Morgan fingerprint density at radius 2 is 1.68 bits per heavy atom. The lowest BCUT2D eigenvalue weighted by Crippen LogP contribution is -2.43. The van der Waals surface area contributed by atoms with Crippen LogP contribution in [0.3, 0.4) is 0 Å². The molecule has 2 atom stereocenters. The maximum Gasteiger partial charge on any atom is 0.407 e. The number of rotatable bonds is 14. The van der Waals surface area contributed by atoms with Gasteiger partial charge in [0.15, 0.2) is 5.76 Å². The van der Waals surface area contributed by atoms with Crippen molar-refractivity contribution in [3.63, 3.8) is 0 Å². The van der Waals surface area contributed by atoms with Crippen LogP contribution in [0.2, 0.25) is 0 Å². The molecule has 2 aromatic rings. The van der Waals surface area contributed by atoms with E-state index in [1.807, 2.05) is 67.6 Å². The molecule has 8 nitrogen and oxygen atoms in total. The van der Waals surface area contributed by atoms with Crippen molar-refractivity contribution >= 4 is 21.9 Å². The topological polar surface area (TPSA) is 102 Å². The van der Waals surface area contributed by atoms with E-state index < -0.39 is 32.9 Å². The largest absolute Gasteiger partial charge is 0.444 e. The molecule has 0 aliphatic heterocycles. The minimum absolute atomic E-state index is 0.00851. The highest BCUT2D eigenvalue weighted by Crippen LogP contribution is 2.34. The lowest BCUT2D eigenvalue weighted by molar-refractivity contribution is -0.125. The number of benzene rings is 2. The Hall–Kier alpha value is -3.43. The normalized spacial score (nSPS) is 15.2. The van der Waals surface area contributed by atoms with E-state index in [4.69, 9.17) is 9.57 Å². The number of Topliss-reactive ketones (excluding diaryl/α,β-unsaturated/α-hetero) is 1. The van der Waals surface area contributed by atoms with Crippen LogP contribution in [-0.4, -0.2) is 48.7 Å². The average molecular weight is 583 g/mol. The van der Waals surface area contributed by atoms with E-state index in [2.05, 4.69) is 5.32 Å². The molecular weight excluding hydrogens is 540 g/mol. The van der Waals surface area contributed by atoms with E-state index in [9.17, 15) is 18.0 Å². The number of hydrogen-bond donors (Lipinski definition) is 1. The van der Waals surface area contributed by atoms with Crippen LogP contribution in [-0.2, 0) is 30.8 Å². The van der Waals surface area contributed by atoms with Gasteiger partial charge < -0.3 is 14.9 Å². The van der Waals surface area contributed by atoms with Crippen molar-refractivity contribution < 1.29 is 27.6 Å². The van der Waals surface area contributed by atoms with Gasteiger partial charge in [0.25, 0.3) is 0 Å². The molecule has 0 saturated carbocycles. The number of carbonyl (C=O) groups excluding carboxylic acids is 2. The van der Waals surface area contributed by atoms with Gasteiger partial charge >= 0.3 is 6.09 Å². The number of allylic oxidation sites excluding steroid dienone is 4. The summed E-state index contributed by atoms with van der Waals surface area (Å²) in [6.07, 6.45) is 6.20. The average Bonchev–Trinajstić information content (AvgIpc) is 2.93. The van der Waals surface area contributed by atoms with Gasteiger partial charge in [0.1, 0.15) is 5.60 Å². The molecule has 2 aromatic carbocycles. The smallest absolute Gasteiger partial charge is 0.407 e. The summed E-state index contributed by atoms with van der Waals surface area (Å²) >= 11 is 0. The summed E-state index contributed by atoms with van der Waals surface area (Å²) in [5.41, 5.74) is 1.21. The summed E-state index contributed by atoms with van der Waals surface area (Å²) in [6, 6.07) is 19.2. The van der Waals surface area contributed by atoms with Crippen molar-refractivity contribution in [3.05, 3.63) is 95.8 Å². The first-order valence-corrected chi connectivity index (χ1v) is 15.7. The minimum Gasteiger partial charge on any atom is -0.444 e. The number of aryl methyl sites for hydroxylation is 1. The van der Waals surface area contributed by atoms with Gasteiger partial charge in [-0.25, -0.2) is 13.2 Å². The first-order chi connectivity index (χ1) is 19.5. The summed E-state index contributed by atoms with van der Waals surface area (Å²) in [4.78, 5) is 30.7. The number of ether oxygens (including phenoxy) is 1. The molecule has 0 bridgehead atoms. The summed E-state index contributed by atoms with van der Waals surface area (Å²) in [5.74, 6) is -0.737. The van der Waals surface area contributed by atoms with E-state index in [0.29, 0.717) is 25.7 Å². The van der Waals surface area contributed by atoms with Crippen LogP contribution < -0.4 is 5.32 Å². The van der Waals surface area contributed by atoms with Gasteiger partial charge in [0.05, 0.1) is 11.8 Å².